The van der Waals surface area contributed by atoms with Crippen LogP contribution in [-0.4, -0.2) is 48.2 Å². The van der Waals surface area contributed by atoms with Gasteiger partial charge in [0.2, 0.25) is 0 Å². The highest BCUT2D eigenvalue weighted by Gasteiger charge is 2.58. The first-order chi connectivity index (χ1) is 6.57. The second-order valence-electron chi connectivity index (χ2n) is 4.43. The van der Waals surface area contributed by atoms with Gasteiger partial charge in [0.1, 0.15) is 24.4 Å². The molecule has 5 nitrogen and oxygen atoms in total. The maximum Gasteiger partial charge on any atom is 0.187 e. The Kier molecular flexibility index (Phi) is 1.73. The quantitative estimate of drug-likeness (QED) is 0.580. The zero-order valence-corrected chi connectivity index (χ0v) is 8.17. The molecule has 5 atom stereocenters. The highest BCUT2D eigenvalue weighted by Crippen LogP contribution is 2.40. The minimum atomic E-state index is -0.659. The average Bonchev–Trinajstić information content (AvgIpc) is 2.64. The molecule has 3 fully saturated rings. The lowest BCUT2D eigenvalue weighted by Gasteiger charge is -2.31. The minimum Gasteiger partial charge on any atom is -0.387 e. The van der Waals surface area contributed by atoms with Gasteiger partial charge in [0, 0.05) is 0 Å². The van der Waals surface area contributed by atoms with E-state index in [2.05, 4.69) is 0 Å². The van der Waals surface area contributed by atoms with Crippen molar-refractivity contribution in [3.63, 3.8) is 0 Å². The fourth-order valence-electron chi connectivity index (χ4n) is 2.30. The van der Waals surface area contributed by atoms with Crippen LogP contribution in [0.4, 0.5) is 0 Å². The predicted octanol–water partition coefficient (Wildman–Crippen LogP) is -0.378. The van der Waals surface area contributed by atoms with Crippen molar-refractivity contribution >= 4 is 0 Å². The van der Waals surface area contributed by atoms with Crippen molar-refractivity contribution in [2.45, 2.75) is 50.3 Å². The summed E-state index contributed by atoms with van der Waals surface area (Å²) in [5.41, 5.74) is 0. The molecular weight excluding hydrogens is 188 g/mol. The van der Waals surface area contributed by atoms with Gasteiger partial charge in [-0.1, -0.05) is 0 Å². The highest BCUT2D eigenvalue weighted by molar-refractivity contribution is 4.98. The van der Waals surface area contributed by atoms with Gasteiger partial charge in [-0.25, -0.2) is 0 Å². The van der Waals surface area contributed by atoms with Crippen molar-refractivity contribution in [1.29, 1.82) is 0 Å². The van der Waals surface area contributed by atoms with E-state index in [0.717, 1.165) is 0 Å². The Morgan fingerprint density at radius 1 is 1.21 bits per heavy atom. The van der Waals surface area contributed by atoms with Crippen molar-refractivity contribution < 1.29 is 24.1 Å². The summed E-state index contributed by atoms with van der Waals surface area (Å²) in [5, 5.41) is 9.89. The maximum absolute atomic E-state index is 9.89. The fraction of sp³-hybridized carbons (Fsp3) is 1.00. The van der Waals surface area contributed by atoms with Crippen LogP contribution in [0.2, 0.25) is 0 Å². The number of hydrogen-bond donors (Lipinski definition) is 1. The summed E-state index contributed by atoms with van der Waals surface area (Å²) in [5.74, 6) is -0.659. The molecule has 0 aromatic rings. The number of aliphatic hydroxyl groups excluding tert-OH is 1. The van der Waals surface area contributed by atoms with Crippen molar-refractivity contribution in [3.05, 3.63) is 0 Å². The molecule has 3 saturated heterocycles. The van der Waals surface area contributed by atoms with Crippen LogP contribution in [0.15, 0.2) is 0 Å². The van der Waals surface area contributed by atoms with Gasteiger partial charge >= 0.3 is 0 Å². The van der Waals surface area contributed by atoms with Crippen LogP contribution < -0.4 is 0 Å². The molecule has 2 bridgehead atoms. The molecule has 4 unspecified atom stereocenters. The van der Waals surface area contributed by atoms with Crippen molar-refractivity contribution in [2.24, 2.45) is 0 Å². The van der Waals surface area contributed by atoms with E-state index in [4.69, 9.17) is 18.9 Å². The van der Waals surface area contributed by atoms with Crippen LogP contribution in [0.25, 0.3) is 0 Å². The molecule has 5 heteroatoms. The summed E-state index contributed by atoms with van der Waals surface area (Å²) in [4.78, 5) is 0. The molecule has 3 rings (SSSR count). The number of rotatable bonds is 0. The lowest BCUT2D eigenvalue weighted by atomic mass is 10.0. The van der Waals surface area contributed by atoms with E-state index in [0.29, 0.717) is 6.61 Å². The Hall–Kier alpha value is -0.200. The maximum atomic E-state index is 9.89. The number of ether oxygens (including phenoxy) is 4. The van der Waals surface area contributed by atoms with Gasteiger partial charge in [0.05, 0.1) is 6.61 Å². The van der Waals surface area contributed by atoms with Gasteiger partial charge in [-0.2, -0.15) is 0 Å². The molecule has 3 heterocycles. The van der Waals surface area contributed by atoms with Gasteiger partial charge in [-0.15, -0.1) is 0 Å². The Morgan fingerprint density at radius 3 is 2.71 bits per heavy atom. The molecule has 0 saturated carbocycles. The van der Waals surface area contributed by atoms with Crippen molar-refractivity contribution in [1.82, 2.24) is 0 Å². The smallest absolute Gasteiger partial charge is 0.187 e. The SMILES string of the molecule is CC1(C)OC2C3OCC(O3)[C@@H](O)C2O1. The largest absolute Gasteiger partial charge is 0.387 e. The Labute approximate surface area is 81.9 Å². The van der Waals surface area contributed by atoms with Crippen LogP contribution in [-0.2, 0) is 18.9 Å². The Balaban J connectivity index is 1.88. The van der Waals surface area contributed by atoms with Crippen LogP contribution in [0, 0.1) is 0 Å². The van der Waals surface area contributed by atoms with E-state index in [1.165, 1.54) is 0 Å². The predicted molar refractivity (Wildman–Crippen MR) is 44.4 cm³/mol. The second-order valence-corrected chi connectivity index (χ2v) is 4.43. The normalized spacial score (nSPS) is 54.6. The van der Waals surface area contributed by atoms with Crippen LogP contribution >= 0.6 is 0 Å². The summed E-state index contributed by atoms with van der Waals surface area (Å²) in [6.45, 7) is 4.07. The van der Waals surface area contributed by atoms with E-state index < -0.39 is 11.9 Å². The third kappa shape index (κ3) is 1.14. The lowest BCUT2D eigenvalue weighted by Crippen LogP contribution is -2.52. The molecule has 0 amide bonds. The first-order valence-electron chi connectivity index (χ1n) is 4.88. The first kappa shape index (κ1) is 9.06. The standard InChI is InChI=1S/C9H14O5/c1-9(2)13-6-5(10)4-3-11-8(12-4)7(6)14-9/h4-8,10H,3H2,1-2H3/t4?,5-,6?,7?,8?/m1/s1. The number of hydrogen-bond acceptors (Lipinski definition) is 5. The van der Waals surface area contributed by atoms with E-state index in [9.17, 15) is 5.11 Å². The summed E-state index contributed by atoms with van der Waals surface area (Å²) in [7, 11) is 0. The molecule has 0 aromatic heterocycles. The van der Waals surface area contributed by atoms with Crippen LogP contribution in [0.3, 0.4) is 0 Å². The molecular formula is C9H14O5. The third-order valence-electron chi connectivity index (χ3n) is 2.88. The topological polar surface area (TPSA) is 57.2 Å². The molecule has 1 N–H and O–H groups in total. The summed E-state index contributed by atoms with van der Waals surface area (Å²) in [6, 6.07) is 0. The van der Waals surface area contributed by atoms with Crippen LogP contribution in [0.5, 0.6) is 0 Å². The van der Waals surface area contributed by atoms with Gasteiger partial charge in [-0.3, -0.25) is 0 Å². The monoisotopic (exact) mass is 202 g/mol. The minimum absolute atomic E-state index is 0.265. The van der Waals surface area contributed by atoms with E-state index in [1.807, 2.05) is 13.8 Å². The van der Waals surface area contributed by atoms with Gasteiger partial charge in [0.15, 0.2) is 12.1 Å². The second kappa shape index (κ2) is 2.68. The Bertz CT molecular complexity index is 246. The summed E-state index contributed by atoms with van der Waals surface area (Å²) in [6.07, 6.45) is -1.93. The summed E-state index contributed by atoms with van der Waals surface area (Å²) >= 11 is 0. The summed E-state index contributed by atoms with van der Waals surface area (Å²) < 4.78 is 22.0. The van der Waals surface area contributed by atoms with Gasteiger partial charge in [-0.05, 0) is 13.8 Å². The number of aliphatic hydroxyl groups is 1. The van der Waals surface area contributed by atoms with E-state index in [1.54, 1.807) is 0 Å². The molecule has 3 aliphatic rings. The Morgan fingerprint density at radius 2 is 1.93 bits per heavy atom. The van der Waals surface area contributed by atoms with Crippen molar-refractivity contribution in [2.75, 3.05) is 6.61 Å². The third-order valence-corrected chi connectivity index (χ3v) is 2.88. The zero-order valence-electron chi connectivity index (χ0n) is 8.17. The average molecular weight is 202 g/mol. The van der Waals surface area contributed by atoms with Gasteiger partial charge in [0.25, 0.3) is 0 Å². The van der Waals surface area contributed by atoms with E-state index >= 15 is 0 Å². The molecule has 80 valence electrons. The number of fused-ring (bicyclic) bond motifs is 4. The molecule has 14 heavy (non-hydrogen) atoms. The molecule has 0 radical (unpaired) electrons. The molecule has 0 aliphatic carbocycles. The molecule has 3 aliphatic heterocycles. The lowest BCUT2D eigenvalue weighted by molar-refractivity contribution is -0.198. The highest BCUT2D eigenvalue weighted by atomic mass is 16.8. The van der Waals surface area contributed by atoms with Crippen LogP contribution in [0.1, 0.15) is 13.8 Å². The van der Waals surface area contributed by atoms with E-state index in [-0.39, 0.29) is 24.6 Å². The zero-order chi connectivity index (χ0) is 9.92. The van der Waals surface area contributed by atoms with Gasteiger partial charge < -0.3 is 24.1 Å². The fourth-order valence-corrected chi connectivity index (χ4v) is 2.30. The molecule has 0 spiro atoms. The molecule has 0 aromatic carbocycles. The van der Waals surface area contributed by atoms with Crippen molar-refractivity contribution in [3.8, 4) is 0 Å². The first-order valence-corrected chi connectivity index (χ1v) is 4.88.